The van der Waals surface area contributed by atoms with E-state index < -0.39 is 16.8 Å². The van der Waals surface area contributed by atoms with Gasteiger partial charge in [-0.25, -0.2) is 4.79 Å². The molecule has 0 radical (unpaired) electrons. The summed E-state index contributed by atoms with van der Waals surface area (Å²) in [5, 5.41) is 3.43. The Morgan fingerprint density at radius 3 is 2.35 bits per heavy atom. The molecule has 6 nitrogen and oxygen atoms in total. The quantitative estimate of drug-likeness (QED) is 0.467. The van der Waals surface area contributed by atoms with Crippen molar-refractivity contribution in [3.05, 3.63) is 59.8 Å². The number of nitrogens with one attached hydrogen (secondary N) is 1. The van der Waals surface area contributed by atoms with E-state index in [-0.39, 0.29) is 5.75 Å². The van der Waals surface area contributed by atoms with Crippen LogP contribution in [-0.4, -0.2) is 39.4 Å². The van der Waals surface area contributed by atoms with Gasteiger partial charge in [-0.15, -0.1) is 0 Å². The Hall–Kier alpha value is -2.70. The van der Waals surface area contributed by atoms with Crippen LogP contribution in [0.25, 0.3) is 10.9 Å². The second-order valence-corrected chi connectivity index (χ2v) is 8.23. The largest absolute Gasteiger partial charge is 0.415 e. The van der Waals surface area contributed by atoms with Gasteiger partial charge in [0.25, 0.3) is 5.91 Å². The average molecular weight is 462 g/mol. The lowest BCUT2D eigenvalue weighted by molar-refractivity contribution is -0.114. The number of ether oxygens (including phenoxy) is 1. The van der Waals surface area contributed by atoms with Crippen LogP contribution in [0.1, 0.15) is 25.0 Å². The molecule has 0 fully saturated rings. The highest BCUT2D eigenvalue weighted by molar-refractivity contribution is 6.54. The van der Waals surface area contributed by atoms with E-state index in [1.165, 1.54) is 5.56 Å². The molecule has 0 aliphatic carbocycles. The second kappa shape index (κ2) is 10.1. The first-order chi connectivity index (χ1) is 14.8. The second-order valence-electron chi connectivity index (χ2n) is 7.13. The molecule has 0 unspecified atom stereocenters. The van der Waals surface area contributed by atoms with E-state index in [2.05, 4.69) is 34.1 Å². The molecule has 2 aromatic carbocycles. The Kier molecular flexibility index (Phi) is 7.46. The lowest BCUT2D eigenvalue weighted by Gasteiger charge is -2.20. The van der Waals surface area contributed by atoms with Crippen molar-refractivity contribution in [1.82, 2.24) is 9.47 Å². The third kappa shape index (κ3) is 5.32. The smallest absolute Gasteiger partial charge is 0.408 e. The highest BCUT2D eigenvalue weighted by Crippen LogP contribution is 2.35. The summed E-state index contributed by atoms with van der Waals surface area (Å²) in [7, 11) is 0. The number of benzene rings is 2. The Morgan fingerprint density at radius 2 is 1.74 bits per heavy atom. The number of aromatic nitrogens is 1. The van der Waals surface area contributed by atoms with Crippen LogP contribution >= 0.6 is 23.2 Å². The first kappa shape index (κ1) is 23.0. The van der Waals surface area contributed by atoms with Crippen LogP contribution in [0, 0.1) is 6.92 Å². The highest BCUT2D eigenvalue weighted by atomic mass is 35.5. The molecule has 0 saturated heterocycles. The minimum Gasteiger partial charge on any atom is -0.408 e. The van der Waals surface area contributed by atoms with Crippen molar-refractivity contribution in [3.8, 4) is 5.75 Å². The molecule has 1 heterocycles. The molecule has 0 aliphatic heterocycles. The summed E-state index contributed by atoms with van der Waals surface area (Å²) >= 11 is 11.5. The van der Waals surface area contributed by atoms with E-state index in [1.54, 1.807) is 11.0 Å². The summed E-state index contributed by atoms with van der Waals surface area (Å²) in [6.07, 6.45) is 1.43. The predicted octanol–water partition coefficient (Wildman–Crippen LogP) is 5.58. The lowest BCUT2D eigenvalue weighted by Crippen LogP contribution is -2.33. The Balaban J connectivity index is 2.00. The summed E-state index contributed by atoms with van der Waals surface area (Å²) in [6.45, 7) is 7.46. The van der Waals surface area contributed by atoms with Crippen LogP contribution in [0.15, 0.2) is 48.7 Å². The maximum Gasteiger partial charge on any atom is 0.415 e. The van der Waals surface area contributed by atoms with Gasteiger partial charge in [0.2, 0.25) is 0 Å². The van der Waals surface area contributed by atoms with Crippen LogP contribution in [0.4, 0.5) is 10.5 Å². The monoisotopic (exact) mass is 461 g/mol. The zero-order chi connectivity index (χ0) is 22.5. The Bertz CT molecular complexity index is 1070. The van der Waals surface area contributed by atoms with Crippen molar-refractivity contribution in [3.63, 3.8) is 0 Å². The van der Waals surface area contributed by atoms with Crippen molar-refractivity contribution >= 4 is 51.8 Å². The van der Waals surface area contributed by atoms with Gasteiger partial charge in [0.1, 0.15) is 0 Å². The summed E-state index contributed by atoms with van der Waals surface area (Å²) in [6, 6.07) is 13.7. The Labute approximate surface area is 191 Å². The SMILES string of the molecule is CCN(CC)C(=O)Oc1ccc2c(ccn2Cc2ccc(C)cc2)c1NC(=O)C(Cl)Cl. The third-order valence-electron chi connectivity index (χ3n) is 5.05. The standard InChI is InChI=1S/C23H25Cl2N3O3/c1-4-27(5-2)23(30)31-19-11-10-18-17(20(19)26-22(29)21(24)25)12-13-28(18)14-16-8-6-15(3)7-9-16/h6-13,21H,4-5,14H2,1-3H3,(H,26,29). The molecule has 3 aromatic rings. The predicted molar refractivity (Wildman–Crippen MR) is 125 cm³/mol. The van der Waals surface area contributed by atoms with E-state index in [9.17, 15) is 9.59 Å². The first-order valence-corrected chi connectivity index (χ1v) is 10.9. The van der Waals surface area contributed by atoms with Crippen LogP contribution in [0.2, 0.25) is 0 Å². The van der Waals surface area contributed by atoms with Gasteiger partial charge in [0.15, 0.2) is 10.6 Å². The molecule has 3 rings (SSSR count). The number of alkyl halides is 2. The van der Waals surface area contributed by atoms with E-state index in [0.717, 1.165) is 16.5 Å². The number of aryl methyl sites for hydroxylation is 1. The number of carbonyl (C=O) groups is 2. The average Bonchev–Trinajstić information content (AvgIpc) is 3.15. The normalized spacial score (nSPS) is 11.0. The summed E-state index contributed by atoms with van der Waals surface area (Å²) in [4.78, 5) is 25.0. The number of anilines is 1. The van der Waals surface area contributed by atoms with Crippen molar-refractivity contribution in [1.29, 1.82) is 0 Å². The molecule has 0 bridgehead atoms. The minimum atomic E-state index is -1.25. The molecule has 0 spiro atoms. The number of halogens is 2. The van der Waals surface area contributed by atoms with Gasteiger partial charge in [-0.2, -0.15) is 0 Å². The third-order valence-corrected chi connectivity index (χ3v) is 5.45. The molecular weight excluding hydrogens is 437 g/mol. The van der Waals surface area contributed by atoms with Gasteiger partial charge in [0, 0.05) is 31.2 Å². The molecule has 1 N–H and O–H groups in total. The molecule has 2 amide bonds. The van der Waals surface area contributed by atoms with Gasteiger partial charge >= 0.3 is 6.09 Å². The summed E-state index contributed by atoms with van der Waals surface area (Å²) in [5.41, 5.74) is 3.57. The molecule has 0 atom stereocenters. The molecule has 0 aliphatic rings. The maximum atomic E-state index is 12.5. The van der Waals surface area contributed by atoms with E-state index in [4.69, 9.17) is 27.9 Å². The molecular formula is C23H25Cl2N3O3. The van der Waals surface area contributed by atoms with Gasteiger partial charge in [-0.1, -0.05) is 53.0 Å². The van der Waals surface area contributed by atoms with E-state index >= 15 is 0 Å². The van der Waals surface area contributed by atoms with Crippen molar-refractivity contribution in [2.75, 3.05) is 18.4 Å². The van der Waals surface area contributed by atoms with E-state index in [1.807, 2.05) is 39.1 Å². The number of rotatable bonds is 7. The number of fused-ring (bicyclic) bond motifs is 1. The Morgan fingerprint density at radius 1 is 1.06 bits per heavy atom. The van der Waals surface area contributed by atoms with Crippen molar-refractivity contribution < 1.29 is 14.3 Å². The van der Waals surface area contributed by atoms with Crippen molar-refractivity contribution in [2.24, 2.45) is 0 Å². The maximum absolute atomic E-state index is 12.5. The molecule has 8 heteroatoms. The van der Waals surface area contributed by atoms with Gasteiger partial charge in [0.05, 0.1) is 11.2 Å². The minimum absolute atomic E-state index is 0.236. The number of carbonyl (C=O) groups excluding carboxylic acids is 2. The fourth-order valence-corrected chi connectivity index (χ4v) is 3.42. The van der Waals surface area contributed by atoms with E-state index in [0.29, 0.717) is 25.3 Å². The molecule has 0 saturated carbocycles. The van der Waals surface area contributed by atoms with Crippen LogP contribution in [0.5, 0.6) is 5.75 Å². The molecule has 164 valence electrons. The van der Waals surface area contributed by atoms with Crippen LogP contribution in [0.3, 0.4) is 0 Å². The van der Waals surface area contributed by atoms with Gasteiger partial charge < -0.3 is 19.5 Å². The first-order valence-electron chi connectivity index (χ1n) is 10.1. The number of hydrogen-bond donors (Lipinski definition) is 1. The topological polar surface area (TPSA) is 63.6 Å². The zero-order valence-electron chi connectivity index (χ0n) is 17.7. The van der Waals surface area contributed by atoms with Gasteiger partial charge in [-0.05, 0) is 44.5 Å². The van der Waals surface area contributed by atoms with Crippen molar-refractivity contribution in [2.45, 2.75) is 32.2 Å². The molecule has 1 aromatic heterocycles. The number of amides is 2. The lowest BCUT2D eigenvalue weighted by atomic mass is 10.1. The number of nitrogens with zero attached hydrogens (tertiary/aromatic N) is 2. The van der Waals surface area contributed by atoms with Gasteiger partial charge in [-0.3, -0.25) is 4.79 Å². The molecule has 31 heavy (non-hydrogen) atoms. The zero-order valence-corrected chi connectivity index (χ0v) is 19.2. The number of hydrogen-bond acceptors (Lipinski definition) is 3. The van der Waals surface area contributed by atoms with Crippen LogP contribution in [-0.2, 0) is 11.3 Å². The summed E-state index contributed by atoms with van der Waals surface area (Å²) in [5.74, 6) is -0.359. The fourth-order valence-electron chi connectivity index (χ4n) is 3.31. The van der Waals surface area contributed by atoms with Crippen LogP contribution < -0.4 is 10.1 Å². The fraction of sp³-hybridized carbons (Fsp3) is 0.304. The highest BCUT2D eigenvalue weighted by Gasteiger charge is 2.21. The summed E-state index contributed by atoms with van der Waals surface area (Å²) < 4.78 is 7.66.